The Hall–Kier alpha value is -1.53. The fourth-order valence-corrected chi connectivity index (χ4v) is 3.42. The van der Waals surface area contributed by atoms with E-state index in [0.717, 1.165) is 0 Å². The van der Waals surface area contributed by atoms with Crippen LogP contribution in [-0.2, 0) is 10.0 Å². The SMILES string of the molecule is C=CCN1CCN(C)S(=O)(=O)c2cc(N)ccc21. The van der Waals surface area contributed by atoms with Crippen molar-refractivity contribution in [3.05, 3.63) is 30.9 Å². The summed E-state index contributed by atoms with van der Waals surface area (Å²) in [5.74, 6) is 0. The molecule has 1 heterocycles. The van der Waals surface area contributed by atoms with Gasteiger partial charge in [0.15, 0.2) is 0 Å². The molecule has 1 aromatic carbocycles. The van der Waals surface area contributed by atoms with Crippen LogP contribution in [0.25, 0.3) is 0 Å². The van der Waals surface area contributed by atoms with Crippen LogP contribution in [0.4, 0.5) is 11.4 Å². The maximum Gasteiger partial charge on any atom is 0.245 e. The van der Waals surface area contributed by atoms with E-state index >= 15 is 0 Å². The van der Waals surface area contributed by atoms with E-state index in [4.69, 9.17) is 5.73 Å². The van der Waals surface area contributed by atoms with Gasteiger partial charge in [-0.05, 0) is 18.2 Å². The normalized spacial score (nSPS) is 19.1. The Labute approximate surface area is 108 Å². The summed E-state index contributed by atoms with van der Waals surface area (Å²) in [6.45, 7) is 5.40. The molecular weight excluding hydrogens is 250 g/mol. The molecule has 0 unspecified atom stereocenters. The lowest BCUT2D eigenvalue weighted by Crippen LogP contribution is -2.31. The van der Waals surface area contributed by atoms with E-state index in [1.54, 1.807) is 25.3 Å². The summed E-state index contributed by atoms with van der Waals surface area (Å²) >= 11 is 0. The second-order valence-electron chi connectivity index (χ2n) is 4.29. The van der Waals surface area contributed by atoms with Crippen LogP contribution >= 0.6 is 0 Å². The molecule has 6 heteroatoms. The molecule has 0 bridgehead atoms. The van der Waals surface area contributed by atoms with Crippen LogP contribution in [-0.4, -0.2) is 39.4 Å². The van der Waals surface area contributed by atoms with Crippen molar-refractivity contribution in [3.8, 4) is 0 Å². The van der Waals surface area contributed by atoms with Crippen molar-refractivity contribution >= 4 is 21.4 Å². The Morgan fingerprint density at radius 1 is 1.44 bits per heavy atom. The molecule has 2 N–H and O–H groups in total. The minimum absolute atomic E-state index is 0.268. The van der Waals surface area contributed by atoms with Gasteiger partial charge < -0.3 is 10.6 Å². The molecule has 1 aliphatic heterocycles. The molecule has 1 aromatic rings. The molecule has 0 spiro atoms. The summed E-state index contributed by atoms with van der Waals surface area (Å²) in [6, 6.07) is 4.99. The third kappa shape index (κ3) is 2.09. The molecule has 0 aliphatic carbocycles. The number of hydrogen-bond donors (Lipinski definition) is 1. The molecule has 0 saturated carbocycles. The number of anilines is 2. The Morgan fingerprint density at radius 2 is 2.17 bits per heavy atom. The summed E-state index contributed by atoms with van der Waals surface area (Å²) in [5.41, 5.74) is 6.84. The molecule has 1 aliphatic rings. The molecule has 98 valence electrons. The number of nitrogens with zero attached hydrogens (tertiary/aromatic N) is 2. The Morgan fingerprint density at radius 3 is 2.83 bits per heavy atom. The smallest absolute Gasteiger partial charge is 0.245 e. The molecule has 0 amide bonds. The summed E-state index contributed by atoms with van der Waals surface area (Å²) in [4.78, 5) is 2.26. The van der Waals surface area contributed by atoms with Gasteiger partial charge in [0.25, 0.3) is 0 Å². The summed E-state index contributed by atoms with van der Waals surface area (Å²) in [5, 5.41) is 0. The predicted octanol–water partition coefficient (Wildman–Crippen LogP) is 0.895. The van der Waals surface area contributed by atoms with E-state index in [1.807, 2.05) is 4.90 Å². The van der Waals surface area contributed by atoms with Crippen LogP contribution in [0.3, 0.4) is 0 Å². The minimum Gasteiger partial charge on any atom is -0.399 e. The molecule has 0 saturated heterocycles. The third-order valence-electron chi connectivity index (χ3n) is 3.05. The second kappa shape index (κ2) is 4.62. The average Bonchev–Trinajstić information content (AvgIpc) is 2.41. The first kappa shape index (κ1) is 12.9. The summed E-state index contributed by atoms with van der Waals surface area (Å²) in [7, 11) is -1.87. The second-order valence-corrected chi connectivity index (χ2v) is 6.30. The fraction of sp³-hybridized carbons (Fsp3) is 0.333. The van der Waals surface area contributed by atoms with Crippen molar-refractivity contribution in [1.29, 1.82) is 0 Å². The highest BCUT2D eigenvalue weighted by Gasteiger charge is 2.29. The van der Waals surface area contributed by atoms with Crippen LogP contribution in [0.15, 0.2) is 35.7 Å². The molecule has 0 radical (unpaired) electrons. The molecule has 2 rings (SSSR count). The van der Waals surface area contributed by atoms with Gasteiger partial charge in [-0.2, -0.15) is 4.31 Å². The topological polar surface area (TPSA) is 66.6 Å². The van der Waals surface area contributed by atoms with E-state index in [2.05, 4.69) is 6.58 Å². The van der Waals surface area contributed by atoms with E-state index in [0.29, 0.717) is 31.0 Å². The van der Waals surface area contributed by atoms with Gasteiger partial charge in [-0.1, -0.05) is 6.08 Å². The Balaban J connectivity index is 2.64. The van der Waals surface area contributed by atoms with Crippen molar-refractivity contribution in [2.75, 3.05) is 37.3 Å². The first-order chi connectivity index (χ1) is 8.46. The van der Waals surface area contributed by atoms with Crippen molar-refractivity contribution < 1.29 is 8.42 Å². The van der Waals surface area contributed by atoms with Crippen LogP contribution in [0.5, 0.6) is 0 Å². The van der Waals surface area contributed by atoms with Gasteiger partial charge in [-0.25, -0.2) is 8.42 Å². The molecular formula is C12H17N3O2S. The van der Waals surface area contributed by atoms with Crippen LogP contribution in [0, 0.1) is 0 Å². The van der Waals surface area contributed by atoms with Crippen LogP contribution in [0.2, 0.25) is 0 Å². The first-order valence-electron chi connectivity index (χ1n) is 5.68. The van der Waals surface area contributed by atoms with Crippen molar-refractivity contribution in [3.63, 3.8) is 0 Å². The minimum atomic E-state index is -3.45. The van der Waals surface area contributed by atoms with Gasteiger partial charge in [0.1, 0.15) is 4.90 Å². The zero-order chi connectivity index (χ0) is 13.3. The zero-order valence-electron chi connectivity index (χ0n) is 10.3. The van der Waals surface area contributed by atoms with Gasteiger partial charge in [-0.3, -0.25) is 0 Å². The molecule has 0 fully saturated rings. The number of nitrogens with two attached hydrogens (primary N) is 1. The number of benzene rings is 1. The van der Waals surface area contributed by atoms with Crippen LogP contribution < -0.4 is 10.6 Å². The van der Waals surface area contributed by atoms with Crippen molar-refractivity contribution in [1.82, 2.24) is 4.31 Å². The van der Waals surface area contributed by atoms with Gasteiger partial charge in [0.05, 0.1) is 5.69 Å². The number of sulfonamides is 1. The van der Waals surface area contributed by atoms with Gasteiger partial charge in [0, 0.05) is 32.4 Å². The van der Waals surface area contributed by atoms with Gasteiger partial charge in [-0.15, -0.1) is 6.58 Å². The number of rotatable bonds is 2. The quantitative estimate of drug-likeness (QED) is 0.638. The van der Waals surface area contributed by atoms with Crippen LogP contribution in [0.1, 0.15) is 0 Å². The lowest BCUT2D eigenvalue weighted by molar-refractivity contribution is 0.480. The Kier molecular flexibility index (Phi) is 3.32. The van der Waals surface area contributed by atoms with E-state index in [1.165, 1.54) is 10.4 Å². The highest BCUT2D eigenvalue weighted by atomic mass is 32.2. The van der Waals surface area contributed by atoms with Crippen molar-refractivity contribution in [2.45, 2.75) is 4.90 Å². The monoisotopic (exact) mass is 267 g/mol. The maximum atomic E-state index is 12.3. The lowest BCUT2D eigenvalue weighted by atomic mass is 10.2. The van der Waals surface area contributed by atoms with Gasteiger partial charge in [0.2, 0.25) is 10.0 Å². The zero-order valence-corrected chi connectivity index (χ0v) is 11.2. The summed E-state index contributed by atoms with van der Waals surface area (Å²) in [6.07, 6.45) is 1.76. The van der Waals surface area contributed by atoms with E-state index in [9.17, 15) is 8.42 Å². The molecule has 18 heavy (non-hydrogen) atoms. The summed E-state index contributed by atoms with van der Waals surface area (Å²) < 4.78 is 26.0. The molecule has 5 nitrogen and oxygen atoms in total. The largest absolute Gasteiger partial charge is 0.399 e. The molecule has 0 atom stereocenters. The highest BCUT2D eigenvalue weighted by Crippen LogP contribution is 2.31. The van der Waals surface area contributed by atoms with Gasteiger partial charge >= 0.3 is 0 Å². The number of fused-ring (bicyclic) bond motifs is 1. The number of nitrogen functional groups attached to an aromatic ring is 1. The first-order valence-corrected chi connectivity index (χ1v) is 7.12. The van der Waals surface area contributed by atoms with Crippen molar-refractivity contribution in [2.24, 2.45) is 0 Å². The lowest BCUT2D eigenvalue weighted by Gasteiger charge is -2.22. The number of likely N-dealkylation sites (N-methyl/N-ethyl adjacent to an activating group) is 1. The fourth-order valence-electron chi connectivity index (χ4n) is 2.01. The third-order valence-corrected chi connectivity index (χ3v) is 4.93. The average molecular weight is 267 g/mol. The number of hydrogen-bond acceptors (Lipinski definition) is 4. The Bertz CT molecular complexity index is 569. The molecule has 0 aromatic heterocycles. The highest BCUT2D eigenvalue weighted by molar-refractivity contribution is 7.89. The standard InChI is InChI=1S/C12H17N3O2S/c1-3-6-15-8-7-14(2)18(16,17)12-9-10(13)4-5-11(12)15/h3-5,9H,1,6-8,13H2,2H3. The van der Waals surface area contributed by atoms with E-state index < -0.39 is 10.0 Å². The maximum absolute atomic E-state index is 12.3. The predicted molar refractivity (Wildman–Crippen MR) is 73.1 cm³/mol. The van der Waals surface area contributed by atoms with E-state index in [-0.39, 0.29) is 4.90 Å².